The molecule has 120 valence electrons. The molecule has 0 bridgehead atoms. The number of aliphatic imine (C=N–C) groups is 1. The second-order valence-corrected chi connectivity index (χ2v) is 5.74. The summed E-state index contributed by atoms with van der Waals surface area (Å²) in [6, 6.07) is 10.3. The third kappa shape index (κ3) is 3.38. The Morgan fingerprint density at radius 1 is 1.23 bits per heavy atom. The molecular weight excluding hydrogens is 276 g/mol. The lowest BCUT2D eigenvalue weighted by atomic mass is 9.72. The minimum Gasteiger partial charge on any atom is -0.483 e. The van der Waals surface area contributed by atoms with Crippen molar-refractivity contribution in [2.45, 2.75) is 38.5 Å². The molecule has 1 amide bonds. The van der Waals surface area contributed by atoms with Gasteiger partial charge in [-0.25, -0.2) is 0 Å². The van der Waals surface area contributed by atoms with Crippen LogP contribution in [0.5, 0.6) is 0 Å². The Balaban J connectivity index is 2.37. The van der Waals surface area contributed by atoms with E-state index in [1.54, 1.807) is 7.11 Å². The minimum atomic E-state index is -0.285. The minimum absolute atomic E-state index is 0.0776. The monoisotopic (exact) mass is 302 g/mol. The molecule has 22 heavy (non-hydrogen) atoms. The average Bonchev–Trinajstić information content (AvgIpc) is 2.57. The number of rotatable bonds is 6. The Bertz CT molecular complexity index is 523. The van der Waals surface area contributed by atoms with E-state index in [2.05, 4.69) is 35.9 Å². The second-order valence-electron chi connectivity index (χ2n) is 5.74. The normalized spacial score (nSPS) is 21.8. The van der Waals surface area contributed by atoms with Crippen molar-refractivity contribution in [3.8, 4) is 0 Å². The van der Waals surface area contributed by atoms with Gasteiger partial charge in [0.1, 0.15) is 0 Å². The molecule has 0 N–H and O–H groups in total. The molecule has 4 heteroatoms. The molecule has 1 aromatic rings. The van der Waals surface area contributed by atoms with Gasteiger partial charge in [0.2, 0.25) is 11.8 Å². The zero-order valence-corrected chi connectivity index (χ0v) is 13.8. The molecule has 1 heterocycles. The van der Waals surface area contributed by atoms with Gasteiger partial charge < -0.3 is 9.64 Å². The molecule has 1 atom stereocenters. The topological polar surface area (TPSA) is 41.9 Å². The molecular formula is C18H26N2O2. The SMILES string of the molecule is CCN(CC)CCC1(c2ccccc2)CCC(=O)N=C1OC. The lowest BCUT2D eigenvalue weighted by Gasteiger charge is -2.37. The predicted molar refractivity (Wildman–Crippen MR) is 89.2 cm³/mol. The van der Waals surface area contributed by atoms with Gasteiger partial charge in [0, 0.05) is 6.42 Å². The predicted octanol–water partition coefficient (Wildman–Crippen LogP) is 3.02. The summed E-state index contributed by atoms with van der Waals surface area (Å²) in [7, 11) is 1.62. The molecule has 0 fully saturated rings. The lowest BCUT2D eigenvalue weighted by Crippen LogP contribution is -2.43. The van der Waals surface area contributed by atoms with Crippen LogP contribution in [0.4, 0.5) is 0 Å². The van der Waals surface area contributed by atoms with Crippen LogP contribution in [0.25, 0.3) is 0 Å². The van der Waals surface area contributed by atoms with E-state index in [4.69, 9.17) is 4.74 Å². The zero-order valence-electron chi connectivity index (χ0n) is 13.8. The van der Waals surface area contributed by atoms with Crippen molar-refractivity contribution >= 4 is 11.8 Å². The fourth-order valence-electron chi connectivity index (χ4n) is 3.23. The second kappa shape index (κ2) is 7.54. The molecule has 0 radical (unpaired) electrons. The maximum absolute atomic E-state index is 11.7. The lowest BCUT2D eigenvalue weighted by molar-refractivity contribution is -0.118. The Hall–Kier alpha value is -1.68. The number of amides is 1. The van der Waals surface area contributed by atoms with Crippen molar-refractivity contribution in [1.82, 2.24) is 4.90 Å². The first kappa shape index (κ1) is 16.7. The van der Waals surface area contributed by atoms with Crippen molar-refractivity contribution in [2.24, 2.45) is 4.99 Å². The van der Waals surface area contributed by atoms with Crippen LogP contribution < -0.4 is 0 Å². The van der Waals surface area contributed by atoms with E-state index in [0.717, 1.165) is 32.5 Å². The maximum Gasteiger partial charge on any atom is 0.248 e. The van der Waals surface area contributed by atoms with Gasteiger partial charge in [-0.05, 0) is 38.0 Å². The van der Waals surface area contributed by atoms with E-state index in [-0.39, 0.29) is 11.3 Å². The molecule has 0 saturated heterocycles. The van der Waals surface area contributed by atoms with Crippen LogP contribution in [0.2, 0.25) is 0 Å². The van der Waals surface area contributed by atoms with Crippen LogP contribution in [0.1, 0.15) is 38.7 Å². The van der Waals surface area contributed by atoms with Gasteiger partial charge in [-0.2, -0.15) is 4.99 Å². The highest BCUT2D eigenvalue weighted by Gasteiger charge is 2.42. The van der Waals surface area contributed by atoms with Crippen LogP contribution in [0, 0.1) is 0 Å². The van der Waals surface area contributed by atoms with Crippen molar-refractivity contribution in [3.63, 3.8) is 0 Å². The Morgan fingerprint density at radius 2 is 1.91 bits per heavy atom. The fourth-order valence-corrected chi connectivity index (χ4v) is 3.23. The highest BCUT2D eigenvalue weighted by molar-refractivity contribution is 6.00. The van der Waals surface area contributed by atoms with Gasteiger partial charge in [0.05, 0.1) is 12.5 Å². The number of ether oxygens (including phenoxy) is 1. The summed E-state index contributed by atoms with van der Waals surface area (Å²) < 4.78 is 5.54. The number of hydrogen-bond donors (Lipinski definition) is 0. The van der Waals surface area contributed by atoms with Crippen LogP contribution >= 0.6 is 0 Å². The number of nitrogens with zero attached hydrogens (tertiary/aromatic N) is 2. The van der Waals surface area contributed by atoms with Crippen molar-refractivity contribution in [2.75, 3.05) is 26.7 Å². The van der Waals surface area contributed by atoms with Crippen molar-refractivity contribution in [3.05, 3.63) is 35.9 Å². The van der Waals surface area contributed by atoms with Crippen LogP contribution in [0.15, 0.2) is 35.3 Å². The number of carbonyl (C=O) groups is 1. The molecule has 0 aliphatic carbocycles. The average molecular weight is 302 g/mol. The van der Waals surface area contributed by atoms with Gasteiger partial charge in [-0.15, -0.1) is 0 Å². The molecule has 0 spiro atoms. The third-order valence-electron chi connectivity index (χ3n) is 4.67. The summed E-state index contributed by atoms with van der Waals surface area (Å²) in [5.74, 6) is 0.494. The standard InChI is InChI=1S/C18H26N2O2/c1-4-20(5-2)14-13-18(15-9-7-6-8-10-15)12-11-16(21)19-17(18)22-3/h6-10H,4-5,11-14H2,1-3H3. The molecule has 2 rings (SSSR count). The van der Waals surface area contributed by atoms with E-state index in [1.165, 1.54) is 5.56 Å². The Morgan fingerprint density at radius 3 is 2.50 bits per heavy atom. The highest BCUT2D eigenvalue weighted by Crippen LogP contribution is 2.38. The first-order chi connectivity index (χ1) is 10.7. The van der Waals surface area contributed by atoms with Gasteiger partial charge in [0.25, 0.3) is 0 Å². The highest BCUT2D eigenvalue weighted by atomic mass is 16.5. The maximum atomic E-state index is 11.7. The largest absolute Gasteiger partial charge is 0.483 e. The van der Waals surface area contributed by atoms with E-state index in [9.17, 15) is 4.79 Å². The Labute approximate surface area is 133 Å². The van der Waals surface area contributed by atoms with E-state index in [1.807, 2.05) is 18.2 Å². The van der Waals surface area contributed by atoms with Crippen LogP contribution in [-0.4, -0.2) is 43.4 Å². The van der Waals surface area contributed by atoms with E-state index in [0.29, 0.717) is 12.3 Å². The summed E-state index contributed by atoms with van der Waals surface area (Å²) >= 11 is 0. The van der Waals surface area contributed by atoms with Crippen LogP contribution in [-0.2, 0) is 14.9 Å². The number of methoxy groups -OCH3 is 1. The van der Waals surface area contributed by atoms with Gasteiger partial charge in [-0.1, -0.05) is 44.2 Å². The molecule has 1 aliphatic rings. The summed E-state index contributed by atoms with van der Waals surface area (Å²) in [6.45, 7) is 7.38. The quantitative estimate of drug-likeness (QED) is 0.811. The molecule has 0 saturated carbocycles. The first-order valence-electron chi connectivity index (χ1n) is 8.10. The zero-order chi connectivity index (χ0) is 16.0. The summed E-state index contributed by atoms with van der Waals surface area (Å²) in [6.07, 6.45) is 2.17. The summed E-state index contributed by atoms with van der Waals surface area (Å²) in [5.41, 5.74) is 0.905. The van der Waals surface area contributed by atoms with Crippen LogP contribution in [0.3, 0.4) is 0 Å². The van der Waals surface area contributed by atoms with E-state index < -0.39 is 0 Å². The van der Waals surface area contributed by atoms with Crippen molar-refractivity contribution < 1.29 is 9.53 Å². The van der Waals surface area contributed by atoms with Crippen molar-refractivity contribution in [1.29, 1.82) is 0 Å². The van der Waals surface area contributed by atoms with Gasteiger partial charge in [-0.3, -0.25) is 4.79 Å². The summed E-state index contributed by atoms with van der Waals surface area (Å²) in [4.78, 5) is 18.3. The van der Waals surface area contributed by atoms with E-state index >= 15 is 0 Å². The molecule has 1 aromatic carbocycles. The van der Waals surface area contributed by atoms with Gasteiger partial charge in [0.15, 0.2) is 0 Å². The smallest absolute Gasteiger partial charge is 0.248 e. The Kier molecular flexibility index (Phi) is 5.72. The molecule has 4 nitrogen and oxygen atoms in total. The number of benzene rings is 1. The number of carbonyl (C=O) groups excluding carboxylic acids is 1. The molecule has 0 aromatic heterocycles. The third-order valence-corrected chi connectivity index (χ3v) is 4.67. The van der Waals surface area contributed by atoms with Gasteiger partial charge >= 0.3 is 0 Å². The summed E-state index contributed by atoms with van der Waals surface area (Å²) in [5, 5.41) is 0. The first-order valence-corrected chi connectivity index (χ1v) is 8.10. The molecule has 1 aliphatic heterocycles. The number of hydrogen-bond acceptors (Lipinski definition) is 3. The molecule has 1 unspecified atom stereocenters. The fraction of sp³-hybridized carbons (Fsp3) is 0.556.